The molecule has 0 aliphatic rings. The Morgan fingerprint density at radius 3 is 1.68 bits per heavy atom. The predicted molar refractivity (Wildman–Crippen MR) is 91.9 cm³/mol. The smallest absolute Gasteiger partial charge is 0.165 e. The molecule has 0 bridgehead atoms. The summed E-state index contributed by atoms with van der Waals surface area (Å²) in [5.41, 5.74) is 1.81. The van der Waals surface area contributed by atoms with E-state index in [0.29, 0.717) is 0 Å². The van der Waals surface area contributed by atoms with E-state index >= 15 is 0 Å². The van der Waals surface area contributed by atoms with Gasteiger partial charge in [-0.1, -0.05) is 88.4 Å². The molecule has 2 nitrogen and oxygen atoms in total. The number of aliphatic hydroxyl groups is 1. The van der Waals surface area contributed by atoms with E-state index in [1.165, 1.54) is 0 Å². The van der Waals surface area contributed by atoms with Crippen molar-refractivity contribution in [2.45, 2.75) is 33.8 Å². The second-order valence-electron chi connectivity index (χ2n) is 5.98. The van der Waals surface area contributed by atoms with Crippen LogP contribution in [0.4, 0.5) is 0 Å². The third-order valence-corrected chi connectivity index (χ3v) is 3.36. The summed E-state index contributed by atoms with van der Waals surface area (Å²) in [7, 11) is 0. The first-order valence-electron chi connectivity index (χ1n) is 7.75. The predicted octanol–water partition coefficient (Wildman–Crippen LogP) is 4.90. The first-order valence-corrected chi connectivity index (χ1v) is 7.75. The zero-order chi connectivity index (χ0) is 16.5. The topological polar surface area (TPSA) is 37.3 Å². The summed E-state index contributed by atoms with van der Waals surface area (Å²) < 4.78 is 0. The van der Waals surface area contributed by atoms with E-state index in [9.17, 15) is 9.90 Å². The molecule has 0 aliphatic carbocycles. The van der Waals surface area contributed by atoms with Crippen LogP contribution in [0, 0.1) is 11.8 Å². The SMILES string of the molecule is CC(C)C(=O)c1ccccc1.CC(C)C(O)c1ccccc1. The fraction of sp³-hybridized carbons (Fsp3) is 0.350. The molecule has 0 heterocycles. The van der Waals surface area contributed by atoms with E-state index in [-0.39, 0.29) is 23.7 Å². The summed E-state index contributed by atoms with van der Waals surface area (Å²) in [5, 5.41) is 9.60. The normalized spacial score (nSPS) is 11.8. The Morgan fingerprint density at radius 2 is 1.27 bits per heavy atom. The standard InChI is InChI=1S/C10H14O.C10H12O/c2*1-8(2)10(11)9-6-4-3-5-7-9/h3-8,10-11H,1-2H3;3-8H,1-2H3. The van der Waals surface area contributed by atoms with Gasteiger partial charge in [-0.25, -0.2) is 0 Å². The van der Waals surface area contributed by atoms with Gasteiger partial charge in [0.05, 0.1) is 6.10 Å². The highest BCUT2D eigenvalue weighted by Gasteiger charge is 2.10. The summed E-state index contributed by atoms with van der Waals surface area (Å²) in [6.45, 7) is 7.85. The van der Waals surface area contributed by atoms with Gasteiger partial charge in [0.2, 0.25) is 0 Å². The molecule has 0 spiro atoms. The van der Waals surface area contributed by atoms with Crippen molar-refractivity contribution in [3.63, 3.8) is 0 Å². The zero-order valence-corrected chi connectivity index (χ0v) is 13.9. The number of benzene rings is 2. The molecule has 2 aromatic rings. The second kappa shape index (κ2) is 9.16. The van der Waals surface area contributed by atoms with Crippen LogP contribution in [0.15, 0.2) is 60.7 Å². The molecule has 1 N–H and O–H groups in total. The molecular weight excluding hydrogens is 272 g/mol. The molecule has 2 rings (SSSR count). The van der Waals surface area contributed by atoms with E-state index in [1.807, 2.05) is 88.4 Å². The largest absolute Gasteiger partial charge is 0.388 e. The van der Waals surface area contributed by atoms with E-state index in [0.717, 1.165) is 11.1 Å². The Bertz CT molecular complexity index is 544. The summed E-state index contributed by atoms with van der Waals surface area (Å²) in [4.78, 5) is 11.3. The van der Waals surface area contributed by atoms with Gasteiger partial charge in [0, 0.05) is 11.5 Å². The van der Waals surface area contributed by atoms with E-state index in [4.69, 9.17) is 0 Å². The molecule has 1 unspecified atom stereocenters. The van der Waals surface area contributed by atoms with Crippen molar-refractivity contribution in [2.24, 2.45) is 11.8 Å². The van der Waals surface area contributed by atoms with Crippen molar-refractivity contribution >= 4 is 5.78 Å². The number of hydrogen-bond donors (Lipinski definition) is 1. The summed E-state index contributed by atoms with van der Waals surface area (Å²) in [6, 6.07) is 19.1. The number of carbonyl (C=O) groups excluding carboxylic acids is 1. The number of hydrogen-bond acceptors (Lipinski definition) is 2. The van der Waals surface area contributed by atoms with Gasteiger partial charge in [-0.2, -0.15) is 0 Å². The Kier molecular flexibility index (Phi) is 7.55. The monoisotopic (exact) mass is 298 g/mol. The van der Waals surface area contributed by atoms with Gasteiger partial charge >= 0.3 is 0 Å². The maximum Gasteiger partial charge on any atom is 0.165 e. The summed E-state index contributed by atoms with van der Waals surface area (Å²) in [5.74, 6) is 0.598. The fourth-order valence-corrected chi connectivity index (χ4v) is 1.97. The number of ketones is 1. The van der Waals surface area contributed by atoms with Gasteiger partial charge in [0.1, 0.15) is 0 Å². The minimum atomic E-state index is -0.323. The molecule has 0 saturated carbocycles. The van der Waals surface area contributed by atoms with Crippen LogP contribution in [0.5, 0.6) is 0 Å². The Labute approximate surface area is 133 Å². The lowest BCUT2D eigenvalue weighted by atomic mass is 10.00. The molecule has 2 aromatic carbocycles. The lowest BCUT2D eigenvalue weighted by molar-refractivity contribution is 0.0939. The Hall–Kier alpha value is -1.93. The zero-order valence-electron chi connectivity index (χ0n) is 13.9. The summed E-state index contributed by atoms with van der Waals surface area (Å²) >= 11 is 0. The maximum atomic E-state index is 11.3. The number of carbonyl (C=O) groups is 1. The van der Waals surface area contributed by atoms with Crippen molar-refractivity contribution in [3.05, 3.63) is 71.8 Å². The van der Waals surface area contributed by atoms with Crippen molar-refractivity contribution in [3.8, 4) is 0 Å². The minimum absolute atomic E-state index is 0.0948. The van der Waals surface area contributed by atoms with Crippen LogP contribution in [0.3, 0.4) is 0 Å². The van der Waals surface area contributed by atoms with Gasteiger partial charge < -0.3 is 5.11 Å². The highest BCUT2D eigenvalue weighted by atomic mass is 16.3. The number of aliphatic hydroxyl groups excluding tert-OH is 1. The molecule has 0 aromatic heterocycles. The molecule has 0 aliphatic heterocycles. The lowest BCUT2D eigenvalue weighted by Gasteiger charge is -2.13. The molecule has 2 heteroatoms. The highest BCUT2D eigenvalue weighted by Crippen LogP contribution is 2.20. The molecule has 22 heavy (non-hydrogen) atoms. The third-order valence-electron chi connectivity index (χ3n) is 3.36. The average Bonchev–Trinajstić information content (AvgIpc) is 2.55. The van der Waals surface area contributed by atoms with Crippen LogP contribution < -0.4 is 0 Å². The van der Waals surface area contributed by atoms with Crippen LogP contribution in [0.1, 0.15) is 49.7 Å². The number of rotatable bonds is 4. The molecule has 0 amide bonds. The molecule has 0 saturated heterocycles. The van der Waals surface area contributed by atoms with E-state index in [1.54, 1.807) is 0 Å². The quantitative estimate of drug-likeness (QED) is 0.815. The maximum absolute atomic E-state index is 11.3. The number of Topliss-reactive ketones (excluding diaryl/α,β-unsaturated/α-hetero) is 1. The van der Waals surface area contributed by atoms with Crippen LogP contribution >= 0.6 is 0 Å². The molecule has 0 fully saturated rings. The van der Waals surface area contributed by atoms with E-state index in [2.05, 4.69) is 0 Å². The van der Waals surface area contributed by atoms with Crippen LogP contribution in [-0.4, -0.2) is 10.9 Å². The van der Waals surface area contributed by atoms with E-state index < -0.39 is 0 Å². The van der Waals surface area contributed by atoms with Gasteiger partial charge in [0.25, 0.3) is 0 Å². The summed E-state index contributed by atoms with van der Waals surface area (Å²) in [6.07, 6.45) is -0.323. The van der Waals surface area contributed by atoms with Gasteiger partial charge in [-0.15, -0.1) is 0 Å². The third kappa shape index (κ3) is 5.82. The van der Waals surface area contributed by atoms with Crippen LogP contribution in [-0.2, 0) is 0 Å². The lowest BCUT2D eigenvalue weighted by Crippen LogP contribution is -2.06. The fourth-order valence-electron chi connectivity index (χ4n) is 1.97. The molecule has 0 radical (unpaired) electrons. The Balaban J connectivity index is 0.000000220. The van der Waals surface area contributed by atoms with Gasteiger partial charge in [-0.3, -0.25) is 4.79 Å². The van der Waals surface area contributed by atoms with Gasteiger partial charge in [-0.05, 0) is 11.5 Å². The van der Waals surface area contributed by atoms with Crippen molar-refractivity contribution in [2.75, 3.05) is 0 Å². The van der Waals surface area contributed by atoms with Crippen LogP contribution in [0.2, 0.25) is 0 Å². The van der Waals surface area contributed by atoms with Crippen molar-refractivity contribution < 1.29 is 9.90 Å². The van der Waals surface area contributed by atoms with Crippen molar-refractivity contribution in [1.82, 2.24) is 0 Å². The Morgan fingerprint density at radius 1 is 0.818 bits per heavy atom. The molecule has 1 atom stereocenters. The minimum Gasteiger partial charge on any atom is -0.388 e. The van der Waals surface area contributed by atoms with Gasteiger partial charge in [0.15, 0.2) is 5.78 Å². The average molecular weight is 298 g/mol. The first kappa shape index (κ1) is 18.1. The second-order valence-corrected chi connectivity index (χ2v) is 5.98. The highest BCUT2D eigenvalue weighted by molar-refractivity contribution is 5.97. The molecular formula is C20H26O2. The molecule has 118 valence electrons. The van der Waals surface area contributed by atoms with Crippen LogP contribution in [0.25, 0.3) is 0 Å². The van der Waals surface area contributed by atoms with Crippen molar-refractivity contribution in [1.29, 1.82) is 0 Å². The first-order chi connectivity index (χ1) is 10.4.